The number of likely N-dealkylation sites (N-methyl/N-ethyl adjacent to an activating group) is 1. The molecule has 13 rings (SSSR count). The summed E-state index contributed by atoms with van der Waals surface area (Å²) in [4.78, 5) is 128. The first kappa shape index (κ1) is 87.7. The summed E-state index contributed by atoms with van der Waals surface area (Å²) in [6, 6.07) is 42.5. The first-order valence-corrected chi connectivity index (χ1v) is 37.2. The summed E-state index contributed by atoms with van der Waals surface area (Å²) in [7, 11) is 7.61. The Labute approximate surface area is 681 Å². The van der Waals surface area contributed by atoms with Gasteiger partial charge in [0.25, 0.3) is 17.7 Å². The molecule has 0 saturated carbocycles. The standard InChI is InChI=1S/C27H21Cl3N4O4.C25H27Cl2N5O4.C24H25Cl2N5O4.3CH4/c28-19-7-9-23-20(15-19)24(25(34(37)38)27(36)33(23)16-17-4-2-1-3-5-17)31-10-12-32(13-11-31)26(35)18-6-8-21(29)22(30)14-18;1-28(2)10-3-11-31-21-9-8-19(27)16-20(21)22(23(25(31)34)32(35)36)29-12-14-30(15-13-29)24(33)17-4-6-18(26)7-5-17;1-27(2)9-14-30-20-8-7-18(26)15-19(20)21(22(24(30)33)31(34)35)28-10-12-29(13-11-28)23(32)16-3-5-17(25)6-4-16;;;/h1-9,14-15H,10-13,16H2;4-9,16H,3,10-15H2,1-2H3;3-8,15H,9-14H2,1-2H3;3*1H4. The summed E-state index contributed by atoms with van der Waals surface area (Å²) in [6.45, 7) is 6.03. The Kier molecular flexibility index (Phi) is 30.2. The number of piperazine rings is 3. The number of aromatic nitrogens is 3. The van der Waals surface area contributed by atoms with Crippen LogP contribution < -0.4 is 31.4 Å². The first-order chi connectivity index (χ1) is 52.1. The van der Waals surface area contributed by atoms with E-state index in [1.165, 1.54) is 19.8 Å². The largest absolute Gasteiger partial charge is 0.362 e. The molecule has 3 aromatic heterocycles. The van der Waals surface area contributed by atoms with Crippen LogP contribution in [0.5, 0.6) is 0 Å². The van der Waals surface area contributed by atoms with Crippen LogP contribution in [-0.4, -0.2) is 191 Å². The second-order valence-electron chi connectivity index (χ2n) is 26.6. The molecule has 112 heavy (non-hydrogen) atoms. The van der Waals surface area contributed by atoms with Gasteiger partial charge in [0.05, 0.1) is 47.9 Å². The van der Waals surface area contributed by atoms with Gasteiger partial charge in [-0.25, -0.2) is 0 Å². The van der Waals surface area contributed by atoms with E-state index in [4.69, 9.17) is 81.2 Å². The summed E-state index contributed by atoms with van der Waals surface area (Å²) < 4.78 is 4.32. The predicted molar refractivity (Wildman–Crippen MR) is 451 cm³/mol. The van der Waals surface area contributed by atoms with Gasteiger partial charge < -0.3 is 48.3 Å². The van der Waals surface area contributed by atoms with Gasteiger partial charge >= 0.3 is 33.7 Å². The van der Waals surface area contributed by atoms with Gasteiger partial charge in [-0.1, -0.05) is 134 Å². The lowest BCUT2D eigenvalue weighted by Gasteiger charge is -2.36. The highest BCUT2D eigenvalue weighted by atomic mass is 35.5. The topological polar surface area (TPSA) is 273 Å². The van der Waals surface area contributed by atoms with Crippen molar-refractivity contribution in [3.63, 3.8) is 0 Å². The molecule has 0 bridgehead atoms. The fourth-order valence-electron chi connectivity index (χ4n) is 13.6. The van der Waals surface area contributed by atoms with Crippen molar-refractivity contribution in [2.24, 2.45) is 0 Å². The van der Waals surface area contributed by atoms with E-state index in [0.29, 0.717) is 171 Å². The summed E-state index contributed by atoms with van der Waals surface area (Å²) in [5, 5.41) is 41.2. The summed E-state index contributed by atoms with van der Waals surface area (Å²) in [5.41, 5.74) is 1.28. The summed E-state index contributed by atoms with van der Waals surface area (Å²) in [6.07, 6.45) is 0.659. The maximum absolute atomic E-state index is 13.6. The number of carbonyl (C=O) groups excluding carboxylic acids is 3. The van der Waals surface area contributed by atoms with Crippen molar-refractivity contribution in [1.82, 2.24) is 38.2 Å². The van der Waals surface area contributed by atoms with Gasteiger partial charge in [-0.3, -0.25) is 63.7 Å². The molecule has 0 aliphatic carbocycles. The molecule has 7 aromatic carbocycles. The Balaban J connectivity index is 0.000000208. The SMILES string of the molecule is C.C.C.CN(C)CCCn1c(=O)c([N+](=O)[O-])c(N2CCN(C(=O)c3ccc(Cl)cc3)CC2)c2cc(Cl)ccc21.CN(C)CCn1c(=O)c([N+](=O)[O-])c(N2CCN(C(=O)c3ccc(Cl)cc3)CC2)c2cc(Cl)ccc21.O=C(c1ccc(Cl)c(Cl)c1)N1CCN(c2c([N+](=O)[O-])c(=O)n(Cc3ccccc3)c3ccc(Cl)cc23)CC1. The molecule has 26 nitrogen and oxygen atoms in total. The van der Waals surface area contributed by atoms with E-state index in [9.17, 15) is 59.1 Å². The van der Waals surface area contributed by atoms with Gasteiger partial charge in [0, 0.05) is 156 Å². The lowest BCUT2D eigenvalue weighted by atomic mass is 10.1. The molecule has 3 saturated heterocycles. The third-order valence-corrected chi connectivity index (χ3v) is 21.0. The predicted octanol–water partition coefficient (Wildman–Crippen LogP) is 15.7. The number of rotatable bonds is 18. The van der Waals surface area contributed by atoms with E-state index in [2.05, 4.69) is 0 Å². The fraction of sp³-hybridized carbons (Fsp3) is 0.316. The van der Waals surface area contributed by atoms with Crippen LogP contribution in [0.4, 0.5) is 34.1 Å². The highest BCUT2D eigenvalue weighted by molar-refractivity contribution is 6.42. The second-order valence-corrected chi connectivity index (χ2v) is 29.6. The fourth-order valence-corrected chi connectivity index (χ4v) is 14.7. The van der Waals surface area contributed by atoms with Gasteiger partial charge in [0.15, 0.2) is 0 Å². The zero-order chi connectivity index (χ0) is 78.2. The molecule has 3 aliphatic heterocycles. The summed E-state index contributed by atoms with van der Waals surface area (Å²) in [5.74, 6) is -0.489. The van der Waals surface area contributed by atoms with Crippen molar-refractivity contribution >= 4 is 166 Å². The Morgan fingerprint density at radius 1 is 0.375 bits per heavy atom. The van der Waals surface area contributed by atoms with Crippen molar-refractivity contribution in [3.8, 4) is 0 Å². The van der Waals surface area contributed by atoms with E-state index in [-0.39, 0.29) is 81.7 Å². The van der Waals surface area contributed by atoms with Crippen LogP contribution in [0.2, 0.25) is 35.2 Å². The van der Waals surface area contributed by atoms with Crippen LogP contribution in [0.25, 0.3) is 32.7 Å². The Morgan fingerprint density at radius 2 is 0.696 bits per heavy atom. The molecule has 0 spiro atoms. The van der Waals surface area contributed by atoms with E-state index >= 15 is 0 Å². The molecule has 0 atom stereocenters. The highest BCUT2D eigenvalue weighted by Crippen LogP contribution is 2.40. The Morgan fingerprint density at radius 3 is 1.04 bits per heavy atom. The number of amides is 3. The van der Waals surface area contributed by atoms with E-state index in [0.717, 1.165) is 12.1 Å². The van der Waals surface area contributed by atoms with Gasteiger partial charge in [-0.2, -0.15) is 0 Å². The molecule has 3 amide bonds. The number of nitrogens with zero attached hydrogens (tertiary/aromatic N) is 14. The molecular weight excluding hydrogens is 1590 g/mol. The van der Waals surface area contributed by atoms with E-state index in [1.54, 1.807) is 140 Å². The van der Waals surface area contributed by atoms with Crippen molar-refractivity contribution in [2.75, 3.05) is 135 Å². The molecule has 6 heterocycles. The minimum absolute atomic E-state index is 0. The van der Waals surface area contributed by atoms with Gasteiger partial charge in [0.1, 0.15) is 17.1 Å². The maximum Gasteiger partial charge on any atom is 0.357 e. The minimum Gasteiger partial charge on any atom is -0.362 e. The van der Waals surface area contributed by atoms with Gasteiger partial charge in [0.2, 0.25) is 0 Å². The molecule has 3 aliphatic rings. The highest BCUT2D eigenvalue weighted by Gasteiger charge is 2.37. The number of pyridine rings is 3. The number of fused-ring (bicyclic) bond motifs is 3. The van der Waals surface area contributed by atoms with Crippen LogP contribution in [0.1, 0.15) is 65.3 Å². The monoisotopic (exact) mass is 1670 g/mol. The smallest absolute Gasteiger partial charge is 0.357 e. The molecule has 0 radical (unpaired) electrons. The average molecular weight is 1670 g/mol. The number of anilines is 3. The lowest BCUT2D eigenvalue weighted by Crippen LogP contribution is -2.49. The second kappa shape index (κ2) is 38.6. The van der Waals surface area contributed by atoms with Gasteiger partial charge in [-0.15, -0.1) is 0 Å². The van der Waals surface area contributed by atoms with Crippen molar-refractivity contribution < 1.29 is 29.2 Å². The Hall–Kier alpha value is -9.87. The lowest BCUT2D eigenvalue weighted by molar-refractivity contribution is -0.385. The molecule has 3 fully saturated rings. The number of aryl methyl sites for hydroxylation is 1. The third kappa shape index (κ3) is 19.8. The number of nitro groups is 3. The number of hydrogen-bond acceptors (Lipinski definition) is 17. The Bertz CT molecular complexity index is 5340. The molecular formula is C79H85Cl7N14O12. The first-order valence-electron chi connectivity index (χ1n) is 34.5. The van der Waals surface area contributed by atoms with Gasteiger partial charge in [-0.05, 0) is 168 Å². The zero-order valence-corrected chi connectivity index (χ0v) is 64.8. The van der Waals surface area contributed by atoms with Crippen molar-refractivity contribution in [1.29, 1.82) is 0 Å². The molecule has 592 valence electrons. The summed E-state index contributed by atoms with van der Waals surface area (Å²) >= 11 is 42.8. The maximum atomic E-state index is 13.6. The van der Waals surface area contributed by atoms with E-state index in [1.807, 2.05) is 73.2 Å². The normalized spacial score (nSPS) is 13.5. The third-order valence-electron chi connectivity index (χ3n) is 19.0. The van der Waals surface area contributed by atoms with Crippen LogP contribution >= 0.6 is 81.2 Å². The van der Waals surface area contributed by atoms with E-state index < -0.39 is 48.5 Å². The number of benzene rings is 7. The minimum atomic E-state index is -0.696. The number of hydrogen-bond donors (Lipinski definition) is 0. The quantitative estimate of drug-likeness (QED) is 0.0570. The molecule has 10 aromatic rings. The number of carbonyl (C=O) groups is 3. The van der Waals surface area contributed by atoms with Crippen LogP contribution in [-0.2, 0) is 19.6 Å². The molecule has 0 unspecified atom stereocenters. The number of halogens is 7. The van der Waals surface area contributed by atoms with Crippen LogP contribution in [0.15, 0.2) is 166 Å². The molecule has 0 N–H and O–H groups in total. The molecule has 33 heteroatoms. The van der Waals surface area contributed by atoms with Crippen LogP contribution in [0.3, 0.4) is 0 Å². The zero-order valence-electron chi connectivity index (χ0n) is 59.5. The van der Waals surface area contributed by atoms with Crippen LogP contribution in [0, 0.1) is 30.3 Å². The van der Waals surface area contributed by atoms with Crippen molar-refractivity contribution in [3.05, 3.63) is 270 Å². The average Bonchev–Trinajstić information content (AvgIpc) is 0.755. The van der Waals surface area contributed by atoms with Crippen molar-refractivity contribution in [2.45, 2.75) is 48.3 Å².